The number of hydrogen-bond acceptors (Lipinski definition) is 1. The minimum Gasteiger partial charge on any atom is -0.390 e. The SMILES string of the molecule is CCCCCCCCC(CC)C(O)(CCC)CCC. The predicted molar refractivity (Wildman–Crippen MR) is 86.5 cm³/mol. The molecule has 1 N–H and O–H groups in total. The molecule has 1 atom stereocenters. The molecule has 0 bridgehead atoms. The van der Waals surface area contributed by atoms with Crippen LogP contribution >= 0.6 is 0 Å². The lowest BCUT2D eigenvalue weighted by atomic mass is 9.76. The largest absolute Gasteiger partial charge is 0.390 e. The molecule has 0 fully saturated rings. The predicted octanol–water partition coefficient (Wildman–Crippen LogP) is 6.09. The van der Waals surface area contributed by atoms with E-state index in [1.165, 1.54) is 44.9 Å². The highest BCUT2D eigenvalue weighted by molar-refractivity contribution is 4.85. The van der Waals surface area contributed by atoms with Crippen LogP contribution in [0.1, 0.15) is 105 Å². The average molecular weight is 271 g/mol. The van der Waals surface area contributed by atoms with Crippen LogP contribution in [0.5, 0.6) is 0 Å². The Hall–Kier alpha value is -0.0400. The van der Waals surface area contributed by atoms with E-state index in [2.05, 4.69) is 27.7 Å². The Bertz CT molecular complexity index is 182. The molecule has 1 unspecified atom stereocenters. The fourth-order valence-electron chi connectivity index (χ4n) is 3.42. The minimum absolute atomic E-state index is 0.387. The summed E-state index contributed by atoms with van der Waals surface area (Å²) in [5.74, 6) is 0.513. The summed E-state index contributed by atoms with van der Waals surface area (Å²) in [4.78, 5) is 0. The Morgan fingerprint density at radius 1 is 0.737 bits per heavy atom. The van der Waals surface area contributed by atoms with Gasteiger partial charge in [0.15, 0.2) is 0 Å². The molecule has 0 aromatic carbocycles. The lowest BCUT2D eigenvalue weighted by molar-refractivity contribution is -0.0405. The number of unbranched alkanes of at least 4 members (excludes halogenated alkanes) is 5. The van der Waals surface area contributed by atoms with E-state index in [4.69, 9.17) is 0 Å². The molecule has 0 radical (unpaired) electrons. The van der Waals surface area contributed by atoms with Gasteiger partial charge in [-0.1, -0.05) is 85.5 Å². The molecule has 1 nitrogen and oxygen atoms in total. The van der Waals surface area contributed by atoms with Gasteiger partial charge in [0.25, 0.3) is 0 Å². The highest BCUT2D eigenvalue weighted by atomic mass is 16.3. The molecule has 19 heavy (non-hydrogen) atoms. The lowest BCUT2D eigenvalue weighted by Crippen LogP contribution is -2.37. The van der Waals surface area contributed by atoms with Gasteiger partial charge < -0.3 is 5.11 Å². The lowest BCUT2D eigenvalue weighted by Gasteiger charge is -2.36. The summed E-state index contributed by atoms with van der Waals surface area (Å²) in [6.45, 7) is 8.90. The van der Waals surface area contributed by atoms with Gasteiger partial charge in [0.1, 0.15) is 0 Å². The summed E-state index contributed by atoms with van der Waals surface area (Å²) in [6, 6.07) is 0. The zero-order valence-corrected chi connectivity index (χ0v) is 14.0. The quantitative estimate of drug-likeness (QED) is 0.401. The summed E-state index contributed by atoms with van der Waals surface area (Å²) in [7, 11) is 0. The fourth-order valence-corrected chi connectivity index (χ4v) is 3.42. The van der Waals surface area contributed by atoms with Gasteiger partial charge in [0, 0.05) is 0 Å². The summed E-state index contributed by atoms with van der Waals surface area (Å²) >= 11 is 0. The van der Waals surface area contributed by atoms with Gasteiger partial charge in [-0.2, -0.15) is 0 Å². The molecule has 0 heterocycles. The monoisotopic (exact) mass is 270 g/mol. The van der Waals surface area contributed by atoms with Crippen LogP contribution in [0.3, 0.4) is 0 Å². The summed E-state index contributed by atoms with van der Waals surface area (Å²) in [5.41, 5.74) is -0.387. The Morgan fingerprint density at radius 2 is 1.26 bits per heavy atom. The van der Waals surface area contributed by atoms with Gasteiger partial charge in [-0.15, -0.1) is 0 Å². The molecule has 0 rings (SSSR count). The maximum atomic E-state index is 10.9. The first-order valence-corrected chi connectivity index (χ1v) is 8.86. The van der Waals surface area contributed by atoms with Crippen molar-refractivity contribution >= 4 is 0 Å². The molecule has 0 saturated heterocycles. The Kier molecular flexibility index (Phi) is 11.7. The first-order chi connectivity index (χ1) is 9.14. The standard InChI is InChI=1S/C18H38O/c1-5-9-10-11-12-13-14-17(8-4)18(19,15-6-2)16-7-3/h17,19H,5-16H2,1-4H3. The van der Waals surface area contributed by atoms with Crippen molar-refractivity contribution in [2.75, 3.05) is 0 Å². The van der Waals surface area contributed by atoms with Crippen molar-refractivity contribution in [2.45, 2.75) is 110 Å². The van der Waals surface area contributed by atoms with Crippen molar-refractivity contribution in [3.63, 3.8) is 0 Å². The third kappa shape index (κ3) is 7.97. The van der Waals surface area contributed by atoms with Crippen LogP contribution in [0, 0.1) is 5.92 Å². The van der Waals surface area contributed by atoms with Gasteiger partial charge in [-0.25, -0.2) is 0 Å². The maximum absolute atomic E-state index is 10.9. The van der Waals surface area contributed by atoms with Crippen LogP contribution in [-0.4, -0.2) is 10.7 Å². The normalized spacial score (nSPS) is 13.7. The zero-order chi connectivity index (χ0) is 14.6. The Labute approximate surface area is 122 Å². The van der Waals surface area contributed by atoms with Crippen LogP contribution < -0.4 is 0 Å². The molecule has 0 amide bonds. The molecule has 0 spiro atoms. The van der Waals surface area contributed by atoms with Crippen molar-refractivity contribution in [3.8, 4) is 0 Å². The van der Waals surface area contributed by atoms with Crippen molar-refractivity contribution in [1.82, 2.24) is 0 Å². The van der Waals surface area contributed by atoms with Crippen molar-refractivity contribution in [1.29, 1.82) is 0 Å². The van der Waals surface area contributed by atoms with Crippen LogP contribution in [0.15, 0.2) is 0 Å². The van der Waals surface area contributed by atoms with Crippen LogP contribution in [0.4, 0.5) is 0 Å². The summed E-state index contributed by atoms with van der Waals surface area (Å²) < 4.78 is 0. The second kappa shape index (κ2) is 11.8. The number of aliphatic hydroxyl groups is 1. The summed E-state index contributed by atoms with van der Waals surface area (Å²) in [6.07, 6.45) is 14.6. The van der Waals surface area contributed by atoms with Crippen molar-refractivity contribution in [2.24, 2.45) is 5.92 Å². The number of hydrogen-bond donors (Lipinski definition) is 1. The van der Waals surface area contributed by atoms with Gasteiger partial charge in [0.2, 0.25) is 0 Å². The summed E-state index contributed by atoms with van der Waals surface area (Å²) in [5, 5.41) is 10.9. The van der Waals surface area contributed by atoms with Gasteiger partial charge in [0.05, 0.1) is 5.60 Å². The van der Waals surface area contributed by atoms with Crippen LogP contribution in [0.25, 0.3) is 0 Å². The molecule has 0 aromatic rings. The first-order valence-electron chi connectivity index (χ1n) is 8.86. The molecular weight excluding hydrogens is 232 g/mol. The van der Waals surface area contributed by atoms with Crippen LogP contribution in [-0.2, 0) is 0 Å². The molecule has 0 saturated carbocycles. The Balaban J connectivity index is 4.07. The van der Waals surface area contributed by atoms with Crippen molar-refractivity contribution < 1.29 is 5.11 Å². The van der Waals surface area contributed by atoms with E-state index in [0.29, 0.717) is 5.92 Å². The second-order valence-corrected chi connectivity index (χ2v) is 6.27. The van der Waals surface area contributed by atoms with Crippen LogP contribution in [0.2, 0.25) is 0 Å². The van der Waals surface area contributed by atoms with E-state index in [-0.39, 0.29) is 5.60 Å². The van der Waals surface area contributed by atoms with Gasteiger partial charge >= 0.3 is 0 Å². The van der Waals surface area contributed by atoms with E-state index >= 15 is 0 Å². The van der Waals surface area contributed by atoms with E-state index in [0.717, 1.165) is 32.1 Å². The molecule has 0 aliphatic rings. The molecule has 0 aliphatic carbocycles. The van der Waals surface area contributed by atoms with Gasteiger partial charge in [-0.3, -0.25) is 0 Å². The topological polar surface area (TPSA) is 20.2 Å². The van der Waals surface area contributed by atoms with E-state index in [1.807, 2.05) is 0 Å². The minimum atomic E-state index is -0.387. The van der Waals surface area contributed by atoms with E-state index < -0.39 is 0 Å². The highest BCUT2D eigenvalue weighted by Crippen LogP contribution is 2.34. The Morgan fingerprint density at radius 3 is 1.74 bits per heavy atom. The van der Waals surface area contributed by atoms with Crippen molar-refractivity contribution in [3.05, 3.63) is 0 Å². The van der Waals surface area contributed by atoms with E-state index in [1.54, 1.807) is 0 Å². The molecule has 1 heteroatoms. The smallest absolute Gasteiger partial charge is 0.0675 e. The highest BCUT2D eigenvalue weighted by Gasteiger charge is 2.33. The average Bonchev–Trinajstić information content (AvgIpc) is 2.38. The first kappa shape index (κ1) is 19.0. The molecule has 0 aliphatic heterocycles. The zero-order valence-electron chi connectivity index (χ0n) is 14.0. The second-order valence-electron chi connectivity index (χ2n) is 6.27. The third-order valence-corrected chi connectivity index (χ3v) is 4.52. The fraction of sp³-hybridized carbons (Fsp3) is 1.00. The maximum Gasteiger partial charge on any atom is 0.0675 e. The van der Waals surface area contributed by atoms with E-state index in [9.17, 15) is 5.11 Å². The third-order valence-electron chi connectivity index (χ3n) is 4.52. The molecular formula is C18H38O. The number of rotatable bonds is 13. The molecule has 0 aromatic heterocycles. The molecule has 116 valence electrons. The van der Waals surface area contributed by atoms with Gasteiger partial charge in [-0.05, 0) is 25.2 Å².